The summed E-state index contributed by atoms with van der Waals surface area (Å²) in [6.45, 7) is 1.89. The Morgan fingerprint density at radius 3 is 2.76 bits per heavy atom. The van der Waals surface area contributed by atoms with E-state index in [2.05, 4.69) is 20.0 Å². The van der Waals surface area contributed by atoms with Gasteiger partial charge < -0.3 is 4.74 Å². The van der Waals surface area contributed by atoms with E-state index in [0.29, 0.717) is 11.4 Å². The van der Waals surface area contributed by atoms with Gasteiger partial charge in [0.15, 0.2) is 0 Å². The van der Waals surface area contributed by atoms with Crippen LogP contribution in [0.15, 0.2) is 41.8 Å². The molecule has 0 amide bonds. The second kappa shape index (κ2) is 4.96. The first-order valence-electron chi connectivity index (χ1n) is 4.90. The van der Waals surface area contributed by atoms with Crippen molar-refractivity contribution in [2.45, 2.75) is 6.92 Å². The topological polar surface area (TPSA) is 83.8 Å². The molecule has 84 valence electrons. The molecule has 0 aliphatic carbocycles. The summed E-state index contributed by atoms with van der Waals surface area (Å²) in [7, 11) is 0. The summed E-state index contributed by atoms with van der Waals surface area (Å²) in [5.74, 6) is 0.570. The number of aromatic nitrogens is 2. The van der Waals surface area contributed by atoms with Gasteiger partial charge in [0.25, 0.3) is 0 Å². The number of aryl methyl sites for hydroxylation is 1. The van der Waals surface area contributed by atoms with Gasteiger partial charge in [-0.25, -0.2) is 9.97 Å². The zero-order valence-electron chi connectivity index (χ0n) is 9.11. The van der Waals surface area contributed by atoms with Crippen molar-refractivity contribution in [3.05, 3.63) is 52.7 Å². The van der Waals surface area contributed by atoms with Crippen molar-refractivity contribution >= 4 is 5.69 Å². The minimum atomic E-state index is 0.258. The van der Waals surface area contributed by atoms with E-state index in [1.807, 2.05) is 13.0 Å². The van der Waals surface area contributed by atoms with Gasteiger partial charge in [-0.1, -0.05) is 17.2 Å². The van der Waals surface area contributed by atoms with Crippen LogP contribution in [-0.2, 0) is 0 Å². The molecular weight excluding hydrogens is 218 g/mol. The third-order valence-electron chi connectivity index (χ3n) is 2.08. The summed E-state index contributed by atoms with van der Waals surface area (Å²) < 4.78 is 5.49. The lowest BCUT2D eigenvalue weighted by Gasteiger charge is -2.06. The molecule has 0 atom stereocenters. The Bertz CT molecular complexity index is 563. The quantitative estimate of drug-likeness (QED) is 0.456. The molecule has 0 saturated carbocycles. The molecule has 1 aromatic heterocycles. The maximum Gasteiger partial charge on any atom is 0.321 e. The van der Waals surface area contributed by atoms with Gasteiger partial charge in [0, 0.05) is 23.0 Å². The van der Waals surface area contributed by atoms with Crippen LogP contribution < -0.4 is 4.74 Å². The smallest absolute Gasteiger partial charge is 0.321 e. The Kier molecular flexibility index (Phi) is 3.18. The maximum atomic E-state index is 8.36. The average Bonchev–Trinajstić information content (AvgIpc) is 2.35. The predicted octanol–water partition coefficient (Wildman–Crippen LogP) is 3.52. The van der Waals surface area contributed by atoms with Crippen molar-refractivity contribution in [2.24, 2.45) is 5.11 Å². The van der Waals surface area contributed by atoms with Crippen molar-refractivity contribution in [1.29, 1.82) is 0 Å². The van der Waals surface area contributed by atoms with Crippen molar-refractivity contribution in [1.82, 2.24) is 9.97 Å². The van der Waals surface area contributed by atoms with Gasteiger partial charge in [-0.3, -0.25) is 0 Å². The summed E-state index contributed by atoms with van der Waals surface area (Å²) >= 11 is 0. The average molecular weight is 227 g/mol. The Hall–Kier alpha value is -2.59. The van der Waals surface area contributed by atoms with E-state index in [4.69, 9.17) is 10.3 Å². The van der Waals surface area contributed by atoms with E-state index < -0.39 is 0 Å². The molecule has 1 heterocycles. The van der Waals surface area contributed by atoms with Crippen molar-refractivity contribution in [3.63, 3.8) is 0 Å². The molecule has 0 spiro atoms. The first kappa shape index (κ1) is 10.9. The molecule has 2 aromatic rings. The van der Waals surface area contributed by atoms with Gasteiger partial charge in [-0.15, -0.1) is 0 Å². The van der Waals surface area contributed by atoms with E-state index in [-0.39, 0.29) is 6.01 Å². The van der Waals surface area contributed by atoms with E-state index in [1.165, 1.54) is 0 Å². The number of ether oxygens (including phenoxy) is 1. The highest BCUT2D eigenvalue weighted by Crippen LogP contribution is 2.27. The Morgan fingerprint density at radius 2 is 2.06 bits per heavy atom. The first-order valence-corrected chi connectivity index (χ1v) is 4.90. The molecule has 6 heteroatoms. The number of hydrogen-bond acceptors (Lipinski definition) is 4. The number of nitrogens with zero attached hydrogens (tertiary/aromatic N) is 5. The number of azide groups is 1. The molecule has 0 saturated heterocycles. The van der Waals surface area contributed by atoms with Gasteiger partial charge in [0.05, 0.1) is 0 Å². The summed E-state index contributed by atoms with van der Waals surface area (Å²) in [4.78, 5) is 10.6. The minimum Gasteiger partial charge on any atom is -0.424 e. The molecule has 0 bridgehead atoms. The maximum absolute atomic E-state index is 8.36. The van der Waals surface area contributed by atoms with Crippen LogP contribution in [0, 0.1) is 6.92 Å². The van der Waals surface area contributed by atoms with Gasteiger partial charge >= 0.3 is 6.01 Å². The Balaban J connectivity index is 2.32. The monoisotopic (exact) mass is 227 g/mol. The standard InChI is InChI=1S/C11H9N5O/c1-8-3-4-9(15-16-12)7-10(8)17-11-13-5-2-6-14-11/h2-7H,1H3. The molecule has 0 fully saturated rings. The van der Waals surface area contributed by atoms with Crippen molar-refractivity contribution in [3.8, 4) is 11.8 Å². The second-order valence-corrected chi connectivity index (χ2v) is 3.27. The van der Waals surface area contributed by atoms with Crippen LogP contribution in [0.4, 0.5) is 5.69 Å². The van der Waals surface area contributed by atoms with Gasteiger partial charge in [0.1, 0.15) is 5.75 Å². The normalized spacial score (nSPS) is 9.47. The second-order valence-electron chi connectivity index (χ2n) is 3.27. The van der Waals surface area contributed by atoms with E-state index in [0.717, 1.165) is 5.56 Å². The van der Waals surface area contributed by atoms with E-state index >= 15 is 0 Å². The van der Waals surface area contributed by atoms with Crippen LogP contribution in [0.3, 0.4) is 0 Å². The van der Waals surface area contributed by atoms with Crippen LogP contribution in [0.25, 0.3) is 10.4 Å². The van der Waals surface area contributed by atoms with Crippen molar-refractivity contribution < 1.29 is 4.74 Å². The van der Waals surface area contributed by atoms with Crippen LogP contribution in [0.2, 0.25) is 0 Å². The highest BCUT2D eigenvalue weighted by atomic mass is 16.5. The van der Waals surface area contributed by atoms with Gasteiger partial charge in [-0.05, 0) is 30.2 Å². The lowest BCUT2D eigenvalue weighted by molar-refractivity contribution is 0.439. The first-order chi connectivity index (χ1) is 8.29. The lowest BCUT2D eigenvalue weighted by Crippen LogP contribution is -1.91. The zero-order chi connectivity index (χ0) is 12.1. The molecular formula is C11H9N5O. The lowest BCUT2D eigenvalue weighted by atomic mass is 10.2. The molecule has 0 radical (unpaired) electrons. The van der Waals surface area contributed by atoms with Gasteiger partial charge in [0.2, 0.25) is 0 Å². The summed E-state index contributed by atoms with van der Waals surface area (Å²) in [5, 5.41) is 3.51. The fraction of sp³-hybridized carbons (Fsp3) is 0.0909. The number of hydrogen-bond donors (Lipinski definition) is 0. The van der Waals surface area contributed by atoms with Crippen LogP contribution in [0.1, 0.15) is 5.56 Å². The molecule has 0 aliphatic heterocycles. The summed E-state index contributed by atoms with van der Waals surface area (Å²) in [5.41, 5.74) is 9.76. The molecule has 6 nitrogen and oxygen atoms in total. The summed E-state index contributed by atoms with van der Waals surface area (Å²) in [6.07, 6.45) is 3.18. The molecule has 1 aromatic carbocycles. The summed E-state index contributed by atoms with van der Waals surface area (Å²) in [6, 6.07) is 7.13. The minimum absolute atomic E-state index is 0.258. The Labute approximate surface area is 97.5 Å². The fourth-order valence-electron chi connectivity index (χ4n) is 1.25. The van der Waals surface area contributed by atoms with E-state index in [9.17, 15) is 0 Å². The largest absolute Gasteiger partial charge is 0.424 e. The molecule has 0 aliphatic rings. The number of rotatable bonds is 3. The highest BCUT2D eigenvalue weighted by molar-refractivity contribution is 5.48. The predicted molar refractivity (Wildman–Crippen MR) is 62.1 cm³/mol. The zero-order valence-corrected chi connectivity index (χ0v) is 9.11. The molecule has 17 heavy (non-hydrogen) atoms. The number of benzene rings is 1. The van der Waals surface area contributed by atoms with Crippen LogP contribution >= 0.6 is 0 Å². The SMILES string of the molecule is Cc1ccc(N=[N+]=[N-])cc1Oc1ncccn1. The molecule has 0 unspecified atom stereocenters. The van der Waals surface area contributed by atoms with Crippen LogP contribution in [-0.4, -0.2) is 9.97 Å². The Morgan fingerprint density at radius 1 is 1.29 bits per heavy atom. The fourth-order valence-corrected chi connectivity index (χ4v) is 1.25. The molecule has 2 rings (SSSR count). The van der Waals surface area contributed by atoms with Crippen molar-refractivity contribution in [2.75, 3.05) is 0 Å². The highest BCUT2D eigenvalue weighted by Gasteiger charge is 2.03. The third kappa shape index (κ3) is 2.70. The third-order valence-corrected chi connectivity index (χ3v) is 2.08. The van der Waals surface area contributed by atoms with Crippen LogP contribution in [0.5, 0.6) is 11.8 Å². The van der Waals surface area contributed by atoms with E-state index in [1.54, 1.807) is 30.6 Å². The van der Waals surface area contributed by atoms with Gasteiger partial charge in [-0.2, -0.15) is 0 Å². The molecule has 0 N–H and O–H groups in total.